The molecule has 0 spiro atoms. The van der Waals surface area contributed by atoms with Gasteiger partial charge in [0.1, 0.15) is 12.2 Å². The van der Waals surface area contributed by atoms with Gasteiger partial charge in [-0.15, -0.1) is 0 Å². The fourth-order valence-electron chi connectivity index (χ4n) is 1.55. The average Bonchev–Trinajstić information content (AvgIpc) is 2.97. The number of hydrogen-bond acceptors (Lipinski definition) is 6. The second-order valence-corrected chi connectivity index (χ2v) is 6.51. The lowest BCUT2D eigenvalue weighted by atomic mass is 10.2. The van der Waals surface area contributed by atoms with Gasteiger partial charge in [0.2, 0.25) is 0 Å². The standard InChI is InChI=1S/C12H18N6O2S/c1-9(2)13-5-10-3-4-12(14-6-10)21(19,20)17-7-11-15-8-16-18-11/h3-4,6,8-9,13,17H,5,7H2,1-2H3,(H,15,16,18). The first-order chi connectivity index (χ1) is 9.97. The van der Waals surface area contributed by atoms with E-state index in [0.717, 1.165) is 5.56 Å². The van der Waals surface area contributed by atoms with Gasteiger partial charge in [0, 0.05) is 18.8 Å². The van der Waals surface area contributed by atoms with Gasteiger partial charge in [0.05, 0.1) is 6.54 Å². The molecule has 0 radical (unpaired) electrons. The van der Waals surface area contributed by atoms with Crippen LogP contribution in [0.25, 0.3) is 0 Å². The number of rotatable bonds is 7. The van der Waals surface area contributed by atoms with Crippen molar-refractivity contribution in [3.8, 4) is 0 Å². The molecule has 21 heavy (non-hydrogen) atoms. The maximum atomic E-state index is 12.1. The Morgan fingerprint density at radius 1 is 1.24 bits per heavy atom. The van der Waals surface area contributed by atoms with E-state index in [9.17, 15) is 8.42 Å². The molecule has 0 saturated carbocycles. The van der Waals surface area contributed by atoms with Gasteiger partial charge in [-0.05, 0) is 11.6 Å². The normalized spacial score (nSPS) is 12.0. The monoisotopic (exact) mass is 310 g/mol. The molecule has 2 aromatic heterocycles. The SMILES string of the molecule is CC(C)NCc1ccc(S(=O)(=O)NCc2ncn[nH]2)nc1. The summed E-state index contributed by atoms with van der Waals surface area (Å²) in [7, 11) is -3.65. The van der Waals surface area contributed by atoms with Crippen LogP contribution in [0.15, 0.2) is 29.7 Å². The first-order valence-corrected chi connectivity index (χ1v) is 7.98. The fourth-order valence-corrected chi connectivity index (χ4v) is 2.46. The van der Waals surface area contributed by atoms with Gasteiger partial charge in [0.25, 0.3) is 10.0 Å². The Kier molecular flexibility index (Phi) is 4.99. The van der Waals surface area contributed by atoms with Crippen molar-refractivity contribution in [1.29, 1.82) is 0 Å². The molecule has 0 fully saturated rings. The highest BCUT2D eigenvalue weighted by atomic mass is 32.2. The van der Waals surface area contributed by atoms with Gasteiger partial charge in [-0.1, -0.05) is 19.9 Å². The lowest BCUT2D eigenvalue weighted by molar-refractivity contribution is 0.573. The minimum Gasteiger partial charge on any atom is -0.310 e. The van der Waals surface area contributed by atoms with E-state index >= 15 is 0 Å². The van der Waals surface area contributed by atoms with Gasteiger partial charge in [-0.3, -0.25) is 5.10 Å². The molecule has 0 aliphatic heterocycles. The first-order valence-electron chi connectivity index (χ1n) is 6.49. The number of aromatic amines is 1. The number of aromatic nitrogens is 4. The molecule has 0 aromatic carbocycles. The second kappa shape index (κ2) is 6.74. The summed E-state index contributed by atoms with van der Waals surface area (Å²) < 4.78 is 26.5. The van der Waals surface area contributed by atoms with Crippen molar-refractivity contribution in [2.75, 3.05) is 0 Å². The molecule has 2 heterocycles. The Morgan fingerprint density at radius 3 is 2.62 bits per heavy atom. The highest BCUT2D eigenvalue weighted by Crippen LogP contribution is 2.07. The van der Waals surface area contributed by atoms with Gasteiger partial charge >= 0.3 is 0 Å². The molecule has 0 unspecified atom stereocenters. The van der Waals surface area contributed by atoms with E-state index in [4.69, 9.17) is 0 Å². The van der Waals surface area contributed by atoms with Crippen LogP contribution in [0, 0.1) is 0 Å². The molecule has 3 N–H and O–H groups in total. The quantitative estimate of drug-likeness (QED) is 0.672. The summed E-state index contributed by atoms with van der Waals surface area (Å²) in [4.78, 5) is 7.84. The molecular weight excluding hydrogens is 292 g/mol. The summed E-state index contributed by atoms with van der Waals surface area (Å²) in [5.74, 6) is 0.441. The van der Waals surface area contributed by atoms with Crippen molar-refractivity contribution in [3.63, 3.8) is 0 Å². The van der Waals surface area contributed by atoms with Crippen molar-refractivity contribution < 1.29 is 8.42 Å². The van der Waals surface area contributed by atoms with Crippen molar-refractivity contribution in [3.05, 3.63) is 36.0 Å². The van der Waals surface area contributed by atoms with E-state index < -0.39 is 10.0 Å². The number of sulfonamides is 1. The molecule has 9 heteroatoms. The molecule has 0 aliphatic carbocycles. The molecule has 2 aromatic rings. The summed E-state index contributed by atoms with van der Waals surface area (Å²) >= 11 is 0. The molecule has 0 atom stereocenters. The van der Waals surface area contributed by atoms with Gasteiger partial charge < -0.3 is 5.32 Å². The lowest BCUT2D eigenvalue weighted by Crippen LogP contribution is -2.25. The second-order valence-electron chi connectivity index (χ2n) is 4.80. The summed E-state index contributed by atoms with van der Waals surface area (Å²) in [6.07, 6.45) is 2.87. The number of hydrogen-bond donors (Lipinski definition) is 3. The third-order valence-electron chi connectivity index (χ3n) is 2.68. The van der Waals surface area contributed by atoms with Gasteiger partial charge in [0.15, 0.2) is 5.03 Å². The minimum atomic E-state index is -3.65. The first kappa shape index (κ1) is 15.5. The van der Waals surface area contributed by atoms with Crippen LogP contribution in [0.1, 0.15) is 25.2 Å². The fraction of sp³-hybridized carbons (Fsp3) is 0.417. The third-order valence-corrected chi connectivity index (χ3v) is 4.00. The average molecular weight is 310 g/mol. The van der Waals surface area contributed by atoms with E-state index in [0.29, 0.717) is 18.4 Å². The minimum absolute atomic E-state index is 0.0182. The lowest BCUT2D eigenvalue weighted by Gasteiger charge is -2.08. The molecule has 0 saturated heterocycles. The highest BCUT2D eigenvalue weighted by molar-refractivity contribution is 7.89. The van der Waals surface area contributed by atoms with Crippen molar-refractivity contribution in [1.82, 2.24) is 30.2 Å². The van der Waals surface area contributed by atoms with Crippen LogP contribution in [-0.2, 0) is 23.1 Å². The summed E-state index contributed by atoms with van der Waals surface area (Å²) in [5.41, 5.74) is 0.929. The summed E-state index contributed by atoms with van der Waals surface area (Å²) in [6, 6.07) is 3.59. The predicted octanol–water partition coefficient (Wildman–Crippen LogP) is 0.176. The molecule has 114 valence electrons. The third kappa shape index (κ3) is 4.59. The van der Waals surface area contributed by atoms with E-state index in [1.807, 2.05) is 13.8 Å². The summed E-state index contributed by atoms with van der Waals surface area (Å²) in [5, 5.41) is 9.45. The Bertz CT molecular complexity index is 652. The zero-order valence-electron chi connectivity index (χ0n) is 11.9. The van der Waals surface area contributed by atoms with E-state index in [1.165, 1.54) is 12.4 Å². The molecule has 8 nitrogen and oxygen atoms in total. The molecule has 2 rings (SSSR count). The number of nitrogens with one attached hydrogen (secondary N) is 3. The Balaban J connectivity index is 1.99. The van der Waals surface area contributed by atoms with Crippen LogP contribution >= 0.6 is 0 Å². The Hall–Kier alpha value is -1.84. The van der Waals surface area contributed by atoms with Crippen LogP contribution in [-0.4, -0.2) is 34.6 Å². The van der Waals surface area contributed by atoms with Crippen LogP contribution in [0.4, 0.5) is 0 Å². The zero-order chi connectivity index (χ0) is 15.3. The van der Waals surface area contributed by atoms with Crippen LogP contribution in [0.2, 0.25) is 0 Å². The van der Waals surface area contributed by atoms with E-state index in [-0.39, 0.29) is 11.6 Å². The Labute approximate surface area is 123 Å². The molecule has 0 bridgehead atoms. The maximum absolute atomic E-state index is 12.1. The van der Waals surface area contributed by atoms with Crippen molar-refractivity contribution in [2.24, 2.45) is 0 Å². The van der Waals surface area contributed by atoms with E-state index in [1.54, 1.807) is 12.3 Å². The Morgan fingerprint density at radius 2 is 2.05 bits per heavy atom. The van der Waals surface area contributed by atoms with Gasteiger partial charge in [-0.25, -0.2) is 23.1 Å². The number of pyridine rings is 1. The topological polar surface area (TPSA) is 113 Å². The highest BCUT2D eigenvalue weighted by Gasteiger charge is 2.15. The zero-order valence-corrected chi connectivity index (χ0v) is 12.7. The van der Waals surface area contributed by atoms with Crippen LogP contribution in [0.5, 0.6) is 0 Å². The van der Waals surface area contributed by atoms with Crippen molar-refractivity contribution in [2.45, 2.75) is 38.0 Å². The largest absolute Gasteiger partial charge is 0.310 e. The van der Waals surface area contributed by atoms with Crippen LogP contribution in [0.3, 0.4) is 0 Å². The van der Waals surface area contributed by atoms with Crippen LogP contribution < -0.4 is 10.0 Å². The molecule has 0 aliphatic rings. The number of H-pyrrole nitrogens is 1. The maximum Gasteiger partial charge on any atom is 0.258 e. The van der Waals surface area contributed by atoms with E-state index in [2.05, 4.69) is 30.2 Å². The summed E-state index contributed by atoms with van der Waals surface area (Å²) in [6.45, 7) is 4.77. The predicted molar refractivity (Wildman–Crippen MR) is 76.6 cm³/mol. The number of nitrogens with zero attached hydrogens (tertiary/aromatic N) is 3. The van der Waals surface area contributed by atoms with Crippen molar-refractivity contribution >= 4 is 10.0 Å². The smallest absolute Gasteiger partial charge is 0.258 e. The van der Waals surface area contributed by atoms with Gasteiger partial charge in [-0.2, -0.15) is 5.10 Å². The molecule has 0 amide bonds. The molecular formula is C12H18N6O2S.